The second-order valence-corrected chi connectivity index (χ2v) is 17.2. The van der Waals surface area contributed by atoms with Gasteiger partial charge < -0.3 is 28.4 Å². The van der Waals surface area contributed by atoms with Crippen LogP contribution in [0.1, 0.15) is 24.0 Å². The van der Waals surface area contributed by atoms with Gasteiger partial charge >= 0.3 is 23.9 Å². The van der Waals surface area contributed by atoms with Crippen LogP contribution >= 0.6 is 63.7 Å². The molecule has 6 aliphatic rings. The van der Waals surface area contributed by atoms with Crippen LogP contribution in [0.3, 0.4) is 0 Å². The molecule has 0 radical (unpaired) electrons. The average Bonchev–Trinajstić information content (AvgIpc) is 3.67. The molecule has 4 aliphatic heterocycles. The minimum absolute atomic E-state index is 0.122. The third kappa shape index (κ3) is 4.19. The molecule has 0 spiro atoms. The third-order valence-corrected chi connectivity index (χ3v) is 16.4. The van der Waals surface area contributed by atoms with Crippen molar-refractivity contribution in [2.45, 2.75) is 55.6 Å². The van der Waals surface area contributed by atoms with Gasteiger partial charge in [0.2, 0.25) is 12.6 Å². The summed E-state index contributed by atoms with van der Waals surface area (Å²) in [6.45, 7) is 0.545. The summed E-state index contributed by atoms with van der Waals surface area (Å²) in [5.41, 5.74) is -1.68. The van der Waals surface area contributed by atoms with Crippen LogP contribution in [0.4, 0.5) is 0 Å². The van der Waals surface area contributed by atoms with Crippen molar-refractivity contribution in [3.05, 3.63) is 71.8 Å². The molecule has 48 heavy (non-hydrogen) atoms. The molecule has 2 aromatic carbocycles. The van der Waals surface area contributed by atoms with E-state index in [1.54, 1.807) is 0 Å². The lowest BCUT2D eigenvalue weighted by Gasteiger charge is -2.56. The highest BCUT2D eigenvalue weighted by atomic mass is 79.9. The van der Waals surface area contributed by atoms with E-state index in [0.29, 0.717) is 12.8 Å². The molecule has 6 fully saturated rings. The maximum absolute atomic E-state index is 13.1. The molecule has 2 aliphatic carbocycles. The van der Waals surface area contributed by atoms with Gasteiger partial charge in [-0.1, -0.05) is 124 Å². The SMILES string of the molecule is COC(=O)[C@@]12[C@H]3OC[C@]1(c1ccccc1)[C@H](Br)C[C@H](C(=O)O3)[C@@H]2Br.COC(=O)[C@]12[C@@H]3OC[C@@]1(c1ccccc1)[C@@H](Br)C[C@@H](C(=O)O3)[C@H]2Br. The largest absolute Gasteiger partial charge is 0.468 e. The summed E-state index contributed by atoms with van der Waals surface area (Å²) in [6, 6.07) is 19.6. The molecule has 4 heterocycles. The molecule has 14 heteroatoms. The summed E-state index contributed by atoms with van der Waals surface area (Å²) in [4.78, 5) is 49.7. The molecule has 2 aromatic rings. The average molecular weight is 920 g/mol. The number of esters is 4. The number of rotatable bonds is 4. The monoisotopic (exact) mass is 916 g/mol. The maximum Gasteiger partial charge on any atom is 0.320 e. The van der Waals surface area contributed by atoms with E-state index in [2.05, 4.69) is 63.7 Å². The van der Waals surface area contributed by atoms with Gasteiger partial charge in [0.05, 0.1) is 59.8 Å². The van der Waals surface area contributed by atoms with Crippen molar-refractivity contribution >= 4 is 87.6 Å². The topological polar surface area (TPSA) is 124 Å². The predicted octanol–water partition coefficient (Wildman–Crippen LogP) is 5.09. The second kappa shape index (κ2) is 12.4. The maximum atomic E-state index is 13.1. The summed E-state index contributed by atoms with van der Waals surface area (Å²) >= 11 is 14.8. The Labute approximate surface area is 310 Å². The lowest BCUT2D eigenvalue weighted by atomic mass is 9.51. The number of alkyl halides is 4. The Morgan fingerprint density at radius 3 is 1.33 bits per heavy atom. The molecule has 4 saturated heterocycles. The third-order valence-electron chi connectivity index (χ3n) is 11.4. The number of hydrogen-bond donors (Lipinski definition) is 0. The molecule has 256 valence electrons. The normalized spacial score (nSPS) is 43.2. The van der Waals surface area contributed by atoms with Crippen molar-refractivity contribution in [3.63, 3.8) is 0 Å². The quantitative estimate of drug-likeness (QED) is 0.233. The Balaban J connectivity index is 0.000000152. The summed E-state index contributed by atoms with van der Waals surface area (Å²) in [7, 11) is 2.72. The molecule has 4 bridgehead atoms. The van der Waals surface area contributed by atoms with Crippen molar-refractivity contribution in [2.24, 2.45) is 22.7 Å². The highest BCUT2D eigenvalue weighted by Crippen LogP contribution is 2.68. The summed E-state index contributed by atoms with van der Waals surface area (Å²) in [5, 5.41) is 0. The van der Waals surface area contributed by atoms with Crippen LogP contribution in [0.25, 0.3) is 0 Å². The fraction of sp³-hybridized carbons (Fsp3) is 0.529. The first-order valence-corrected chi connectivity index (χ1v) is 19.1. The van der Waals surface area contributed by atoms with E-state index in [9.17, 15) is 19.2 Å². The molecule has 8 rings (SSSR count). The Bertz CT molecular complexity index is 1510. The molecular weight excluding hydrogens is 888 g/mol. The molecular formula is C34H32Br4O10. The van der Waals surface area contributed by atoms with Gasteiger partial charge in [0.1, 0.15) is 0 Å². The first-order chi connectivity index (χ1) is 23.0. The van der Waals surface area contributed by atoms with Gasteiger partial charge in [-0.25, -0.2) is 0 Å². The zero-order valence-electron chi connectivity index (χ0n) is 25.8. The fourth-order valence-electron chi connectivity index (χ4n) is 9.18. The number of carbonyl (C=O) groups is 4. The van der Waals surface area contributed by atoms with Crippen LogP contribution in [0.2, 0.25) is 0 Å². The first kappa shape index (κ1) is 34.6. The number of fused-ring (bicyclic) bond motifs is 2. The van der Waals surface area contributed by atoms with Crippen LogP contribution < -0.4 is 0 Å². The van der Waals surface area contributed by atoms with Gasteiger partial charge in [-0.15, -0.1) is 0 Å². The van der Waals surface area contributed by atoms with Crippen LogP contribution in [-0.4, -0.2) is 83.2 Å². The zero-order valence-corrected chi connectivity index (χ0v) is 32.2. The van der Waals surface area contributed by atoms with Crippen LogP contribution in [0.5, 0.6) is 0 Å². The van der Waals surface area contributed by atoms with Gasteiger partial charge in [-0.2, -0.15) is 0 Å². The lowest BCUT2D eigenvalue weighted by molar-refractivity contribution is -0.222. The number of hydrogen-bond acceptors (Lipinski definition) is 10. The van der Waals surface area contributed by atoms with Gasteiger partial charge in [0, 0.05) is 9.65 Å². The summed E-state index contributed by atoms with van der Waals surface area (Å²) < 4.78 is 33.2. The van der Waals surface area contributed by atoms with Gasteiger partial charge in [0.15, 0.2) is 10.8 Å². The minimum atomic E-state index is -1.13. The Hall–Kier alpha value is -1.84. The Morgan fingerprint density at radius 1 is 0.646 bits per heavy atom. The smallest absolute Gasteiger partial charge is 0.320 e. The van der Waals surface area contributed by atoms with E-state index in [1.807, 2.05) is 60.7 Å². The van der Waals surface area contributed by atoms with E-state index in [-0.39, 0.29) is 34.8 Å². The van der Waals surface area contributed by atoms with E-state index in [0.717, 1.165) is 11.1 Å². The van der Waals surface area contributed by atoms with E-state index >= 15 is 0 Å². The first-order valence-electron chi connectivity index (χ1n) is 15.5. The van der Waals surface area contributed by atoms with Crippen molar-refractivity contribution in [1.29, 1.82) is 0 Å². The Kier molecular flexibility index (Phi) is 8.96. The van der Waals surface area contributed by atoms with Crippen molar-refractivity contribution in [2.75, 3.05) is 27.4 Å². The molecule has 2 saturated carbocycles. The molecule has 0 N–H and O–H groups in total. The molecule has 12 atom stereocenters. The van der Waals surface area contributed by atoms with E-state index in [4.69, 9.17) is 28.4 Å². The molecule has 10 nitrogen and oxygen atoms in total. The van der Waals surface area contributed by atoms with E-state index < -0.39 is 67.7 Å². The zero-order chi connectivity index (χ0) is 34.2. The lowest BCUT2D eigenvalue weighted by Crippen LogP contribution is -2.71. The van der Waals surface area contributed by atoms with Crippen LogP contribution in [0, 0.1) is 22.7 Å². The number of benzene rings is 2. The highest BCUT2D eigenvalue weighted by molar-refractivity contribution is 9.10. The number of halogens is 4. The van der Waals surface area contributed by atoms with E-state index in [1.165, 1.54) is 14.2 Å². The number of methoxy groups -OCH3 is 2. The van der Waals surface area contributed by atoms with Gasteiger partial charge in [-0.05, 0) is 24.0 Å². The molecule has 0 unspecified atom stereocenters. The van der Waals surface area contributed by atoms with Crippen molar-refractivity contribution in [1.82, 2.24) is 0 Å². The Morgan fingerprint density at radius 2 is 1.00 bits per heavy atom. The standard InChI is InChI=1S/2C17H16Br2O5/c2*1-22-14(21)17-12(19)10-7-11(18)16(17,9-5-3-2-4-6-9)8-23-15(17)24-13(10)20/h2*2-6,10-12,15H,7-8H2,1H3/t2*10-,11+,12-,15-,16-,17-/m10/s1. The second-order valence-electron chi connectivity index (χ2n) is 13.0. The highest BCUT2D eigenvalue weighted by Gasteiger charge is 2.81. The van der Waals surface area contributed by atoms with Crippen molar-refractivity contribution < 1.29 is 47.6 Å². The van der Waals surface area contributed by atoms with Crippen molar-refractivity contribution in [3.8, 4) is 0 Å². The number of ether oxygens (including phenoxy) is 6. The van der Waals surface area contributed by atoms with Crippen LogP contribution in [-0.2, 0) is 58.4 Å². The fourth-order valence-corrected chi connectivity index (χ4v) is 14.0. The number of carbonyl (C=O) groups excluding carboxylic acids is 4. The minimum Gasteiger partial charge on any atom is -0.468 e. The molecule has 0 aromatic heterocycles. The van der Waals surface area contributed by atoms with Gasteiger partial charge in [-0.3, -0.25) is 19.2 Å². The van der Waals surface area contributed by atoms with Crippen LogP contribution in [0.15, 0.2) is 60.7 Å². The summed E-state index contributed by atoms with van der Waals surface area (Å²) in [5.74, 6) is -2.37. The molecule has 0 amide bonds. The summed E-state index contributed by atoms with van der Waals surface area (Å²) in [6.07, 6.45) is -0.811. The predicted molar refractivity (Wildman–Crippen MR) is 184 cm³/mol. The van der Waals surface area contributed by atoms with Gasteiger partial charge in [0.25, 0.3) is 0 Å².